The summed E-state index contributed by atoms with van der Waals surface area (Å²) >= 11 is 1.70. The molecule has 1 N–H and O–H groups in total. The van der Waals surface area contributed by atoms with Gasteiger partial charge in [0.2, 0.25) is 0 Å². The van der Waals surface area contributed by atoms with Crippen LogP contribution in [0.5, 0.6) is 0 Å². The Bertz CT molecular complexity index is 1180. The largest absolute Gasteiger partial charge is 0.327 e. The summed E-state index contributed by atoms with van der Waals surface area (Å²) in [5.41, 5.74) is 5.10. The maximum Gasteiger partial charge on any atom is 0.327 e. The van der Waals surface area contributed by atoms with Crippen molar-refractivity contribution in [2.75, 3.05) is 4.90 Å². The summed E-state index contributed by atoms with van der Waals surface area (Å²) in [5, 5.41) is 3.30. The number of benzene rings is 4. The molecule has 4 aromatic carbocycles. The topological polar surface area (TPSA) is 32.3 Å². The number of rotatable bonds is 3. The number of carbonyl (C=O) groups is 1. The van der Waals surface area contributed by atoms with Crippen molar-refractivity contribution < 1.29 is 4.79 Å². The fraction of sp³-hybridized carbons (Fsp3) is 0.0741. The van der Waals surface area contributed by atoms with E-state index >= 15 is 0 Å². The average Bonchev–Trinajstić information content (AvgIpc) is 2.82. The highest BCUT2D eigenvalue weighted by atomic mass is 32.2. The molecule has 0 radical (unpaired) electrons. The van der Waals surface area contributed by atoms with Crippen LogP contribution < -0.4 is 10.2 Å². The van der Waals surface area contributed by atoms with Gasteiger partial charge in [-0.3, -0.25) is 4.90 Å². The third-order valence-electron chi connectivity index (χ3n) is 5.45. The van der Waals surface area contributed by atoms with E-state index in [-0.39, 0.29) is 12.1 Å². The highest BCUT2D eigenvalue weighted by Gasteiger charge is 2.29. The summed E-state index contributed by atoms with van der Waals surface area (Å²) in [4.78, 5) is 17.7. The number of para-hydroxylation sites is 2. The minimum absolute atomic E-state index is 0.144. The van der Waals surface area contributed by atoms with Gasteiger partial charge in [0.05, 0.1) is 17.4 Å². The number of aryl methyl sites for hydroxylation is 1. The Morgan fingerprint density at radius 1 is 0.710 bits per heavy atom. The maximum absolute atomic E-state index is 13.8. The first-order valence-electron chi connectivity index (χ1n) is 10.3. The molecule has 4 heteroatoms. The smallest absolute Gasteiger partial charge is 0.326 e. The van der Waals surface area contributed by atoms with Crippen molar-refractivity contribution in [2.45, 2.75) is 22.8 Å². The summed E-state index contributed by atoms with van der Waals surface area (Å²) < 4.78 is 0. The van der Waals surface area contributed by atoms with Gasteiger partial charge in [-0.25, -0.2) is 4.79 Å². The van der Waals surface area contributed by atoms with E-state index in [2.05, 4.69) is 60.8 Å². The fourth-order valence-corrected chi connectivity index (χ4v) is 4.93. The normalized spacial score (nSPS) is 13.1. The first-order chi connectivity index (χ1) is 15.2. The molecule has 0 aromatic heterocycles. The van der Waals surface area contributed by atoms with Gasteiger partial charge in [0.25, 0.3) is 0 Å². The molecular formula is C27H22N2OS. The highest BCUT2D eigenvalue weighted by Crippen LogP contribution is 2.48. The molecule has 152 valence electrons. The Kier molecular flexibility index (Phi) is 5.23. The second-order valence-electron chi connectivity index (χ2n) is 7.58. The Balaban J connectivity index is 1.55. The van der Waals surface area contributed by atoms with Crippen LogP contribution in [0, 0.1) is 6.92 Å². The molecule has 4 aromatic rings. The Hall–Kier alpha value is -3.50. The van der Waals surface area contributed by atoms with E-state index in [1.165, 1.54) is 5.56 Å². The molecule has 0 unspecified atom stereocenters. The first-order valence-corrected chi connectivity index (χ1v) is 11.1. The van der Waals surface area contributed by atoms with Crippen molar-refractivity contribution in [1.29, 1.82) is 0 Å². The molecule has 1 aliphatic heterocycles. The molecule has 3 nitrogen and oxygen atoms in total. The lowest BCUT2D eigenvalue weighted by atomic mass is 9.98. The SMILES string of the molecule is Cc1ccc([C@@H](NC(=O)N2c3ccccc3Sc3ccccc32)c2ccccc2)cc1. The van der Waals surface area contributed by atoms with E-state index in [0.29, 0.717) is 0 Å². The van der Waals surface area contributed by atoms with Gasteiger partial charge in [-0.2, -0.15) is 0 Å². The number of hydrogen-bond donors (Lipinski definition) is 1. The number of carbonyl (C=O) groups excluding carboxylic acids is 1. The molecule has 0 aliphatic carbocycles. The van der Waals surface area contributed by atoms with Crippen LogP contribution in [-0.2, 0) is 0 Å². The van der Waals surface area contributed by atoms with Gasteiger partial charge in [-0.15, -0.1) is 0 Å². The van der Waals surface area contributed by atoms with Gasteiger partial charge < -0.3 is 5.32 Å². The van der Waals surface area contributed by atoms with Crippen LogP contribution in [0.15, 0.2) is 113 Å². The van der Waals surface area contributed by atoms with Crippen molar-refractivity contribution in [3.63, 3.8) is 0 Å². The zero-order valence-electron chi connectivity index (χ0n) is 17.2. The number of fused-ring (bicyclic) bond motifs is 2. The molecule has 5 rings (SSSR count). The lowest BCUT2D eigenvalue weighted by Crippen LogP contribution is -2.40. The number of amides is 2. The Morgan fingerprint density at radius 3 is 1.84 bits per heavy atom. The van der Waals surface area contributed by atoms with Gasteiger partial charge in [-0.1, -0.05) is 96.2 Å². The van der Waals surface area contributed by atoms with E-state index in [4.69, 9.17) is 0 Å². The molecule has 31 heavy (non-hydrogen) atoms. The first kappa shape index (κ1) is 19.5. The predicted molar refractivity (Wildman–Crippen MR) is 127 cm³/mol. The number of nitrogens with zero attached hydrogens (tertiary/aromatic N) is 1. The second-order valence-corrected chi connectivity index (χ2v) is 8.66. The molecule has 2 amide bonds. The van der Waals surface area contributed by atoms with Crippen LogP contribution in [0.2, 0.25) is 0 Å². The molecule has 1 atom stereocenters. The van der Waals surface area contributed by atoms with E-state index in [1.54, 1.807) is 16.7 Å². The Morgan fingerprint density at radius 2 is 1.23 bits per heavy atom. The number of hydrogen-bond acceptors (Lipinski definition) is 2. The summed E-state index contributed by atoms with van der Waals surface area (Å²) in [6.45, 7) is 2.07. The number of anilines is 2. The van der Waals surface area contributed by atoms with Crippen LogP contribution in [0.1, 0.15) is 22.7 Å². The quantitative estimate of drug-likeness (QED) is 0.382. The lowest BCUT2D eigenvalue weighted by molar-refractivity contribution is 0.246. The summed E-state index contributed by atoms with van der Waals surface area (Å²) in [7, 11) is 0. The van der Waals surface area contributed by atoms with Gasteiger partial charge in [0.1, 0.15) is 0 Å². The molecular weight excluding hydrogens is 400 g/mol. The van der Waals surface area contributed by atoms with E-state index in [1.807, 2.05) is 54.6 Å². The molecule has 0 bridgehead atoms. The number of urea groups is 1. The van der Waals surface area contributed by atoms with Crippen molar-refractivity contribution >= 4 is 29.2 Å². The van der Waals surface area contributed by atoms with Gasteiger partial charge in [0, 0.05) is 9.79 Å². The molecule has 1 heterocycles. The summed E-state index contributed by atoms with van der Waals surface area (Å²) in [6.07, 6.45) is 0. The van der Waals surface area contributed by atoms with Crippen LogP contribution in [0.3, 0.4) is 0 Å². The zero-order chi connectivity index (χ0) is 21.2. The molecule has 0 fully saturated rings. The van der Waals surface area contributed by atoms with Gasteiger partial charge in [-0.05, 0) is 42.3 Å². The standard InChI is InChI=1S/C27H22N2OS/c1-19-15-17-21(18-16-19)26(20-9-3-2-4-10-20)28-27(30)29-22-11-5-7-13-24(22)31-25-14-8-6-12-23(25)29/h2-18,26H,1H3,(H,28,30)/t26-/m0/s1. The molecule has 0 saturated carbocycles. The minimum Gasteiger partial charge on any atom is -0.326 e. The fourth-order valence-electron chi connectivity index (χ4n) is 3.87. The van der Waals surface area contributed by atoms with Crippen molar-refractivity contribution in [2.24, 2.45) is 0 Å². The van der Waals surface area contributed by atoms with Crippen LogP contribution in [0.25, 0.3) is 0 Å². The second kappa shape index (κ2) is 8.32. The number of nitrogens with one attached hydrogen (secondary N) is 1. The molecule has 0 saturated heterocycles. The summed E-state index contributed by atoms with van der Waals surface area (Å²) in [5.74, 6) is 0. The monoisotopic (exact) mass is 422 g/mol. The average molecular weight is 423 g/mol. The molecule has 0 spiro atoms. The maximum atomic E-state index is 13.8. The van der Waals surface area contributed by atoms with Crippen LogP contribution in [0.4, 0.5) is 16.2 Å². The van der Waals surface area contributed by atoms with Crippen molar-refractivity contribution in [3.8, 4) is 0 Å². The highest BCUT2D eigenvalue weighted by molar-refractivity contribution is 7.99. The predicted octanol–water partition coefficient (Wildman–Crippen LogP) is 7.10. The van der Waals surface area contributed by atoms with Gasteiger partial charge >= 0.3 is 6.03 Å². The van der Waals surface area contributed by atoms with Crippen molar-refractivity contribution in [3.05, 3.63) is 120 Å². The molecule has 1 aliphatic rings. The van der Waals surface area contributed by atoms with E-state index < -0.39 is 0 Å². The van der Waals surface area contributed by atoms with Crippen molar-refractivity contribution in [1.82, 2.24) is 5.32 Å². The van der Waals surface area contributed by atoms with Crippen LogP contribution >= 0.6 is 11.8 Å². The van der Waals surface area contributed by atoms with Gasteiger partial charge in [0.15, 0.2) is 0 Å². The van der Waals surface area contributed by atoms with Crippen LogP contribution in [-0.4, -0.2) is 6.03 Å². The zero-order valence-corrected chi connectivity index (χ0v) is 18.0. The third kappa shape index (κ3) is 3.82. The lowest BCUT2D eigenvalue weighted by Gasteiger charge is -2.32. The summed E-state index contributed by atoms with van der Waals surface area (Å²) in [6, 6.07) is 34.1. The van der Waals surface area contributed by atoms with E-state index in [0.717, 1.165) is 32.3 Å². The third-order valence-corrected chi connectivity index (χ3v) is 6.58. The Labute approximate surface area is 186 Å². The van der Waals surface area contributed by atoms with E-state index in [9.17, 15) is 4.79 Å². The minimum atomic E-state index is -0.247.